The second-order valence-corrected chi connectivity index (χ2v) is 6.22. The van der Waals surface area contributed by atoms with Crippen molar-refractivity contribution in [3.05, 3.63) is 11.8 Å². The maximum absolute atomic E-state index is 5.96. The molecule has 0 amide bonds. The molecule has 0 aromatic heterocycles. The van der Waals surface area contributed by atoms with Crippen LogP contribution in [0.1, 0.15) is 33.1 Å². The van der Waals surface area contributed by atoms with Crippen molar-refractivity contribution in [2.45, 2.75) is 45.3 Å². The first kappa shape index (κ1) is 12.5. The van der Waals surface area contributed by atoms with E-state index in [1.165, 1.54) is 32.4 Å². The van der Waals surface area contributed by atoms with Gasteiger partial charge in [-0.2, -0.15) is 0 Å². The van der Waals surface area contributed by atoms with Crippen LogP contribution < -0.4 is 0 Å². The van der Waals surface area contributed by atoms with Crippen LogP contribution in [-0.2, 0) is 9.47 Å². The van der Waals surface area contributed by atoms with E-state index in [1.807, 2.05) is 0 Å². The molecule has 0 aliphatic carbocycles. The zero-order chi connectivity index (χ0) is 12.5. The molecule has 18 heavy (non-hydrogen) atoms. The quantitative estimate of drug-likeness (QED) is 0.769. The van der Waals surface area contributed by atoms with E-state index in [0.29, 0.717) is 12.0 Å². The van der Waals surface area contributed by atoms with Gasteiger partial charge in [-0.05, 0) is 39.0 Å². The molecule has 4 saturated heterocycles. The molecule has 0 aromatic rings. The second-order valence-electron chi connectivity index (χ2n) is 6.22. The van der Waals surface area contributed by atoms with Crippen molar-refractivity contribution in [2.24, 2.45) is 11.8 Å². The molecule has 0 radical (unpaired) electrons. The van der Waals surface area contributed by atoms with Crippen LogP contribution >= 0.6 is 0 Å². The van der Waals surface area contributed by atoms with Crippen LogP contribution in [0.4, 0.5) is 0 Å². The van der Waals surface area contributed by atoms with Crippen LogP contribution in [0.5, 0.6) is 0 Å². The van der Waals surface area contributed by atoms with E-state index in [4.69, 9.17) is 9.47 Å². The molecular formula is C15H25NO2. The number of rotatable bonds is 3. The number of hydrogen-bond donors (Lipinski definition) is 0. The molecular weight excluding hydrogens is 226 g/mol. The van der Waals surface area contributed by atoms with Crippen molar-refractivity contribution in [1.82, 2.24) is 4.90 Å². The fourth-order valence-corrected chi connectivity index (χ4v) is 3.47. The molecule has 4 aliphatic heterocycles. The highest BCUT2D eigenvalue weighted by atomic mass is 16.6. The summed E-state index contributed by atoms with van der Waals surface area (Å²) in [5.74, 6) is 1.40. The Morgan fingerprint density at radius 3 is 2.67 bits per heavy atom. The molecule has 0 spiro atoms. The monoisotopic (exact) mass is 251 g/mol. The Kier molecular flexibility index (Phi) is 3.62. The van der Waals surface area contributed by atoms with Gasteiger partial charge in [0.15, 0.2) is 0 Å². The summed E-state index contributed by atoms with van der Waals surface area (Å²) in [6.45, 7) is 8.33. The standard InChI is InChI=1S/C15H25NO2/c1-11(2)18-15-10-17-9-13(15)8-14-7-12-3-5-16(14)6-4-12/h8,11-13,15H,3-7,9-10H2,1-2H3. The van der Waals surface area contributed by atoms with E-state index in [0.717, 1.165) is 19.1 Å². The Morgan fingerprint density at radius 1 is 1.28 bits per heavy atom. The Labute approximate surface area is 110 Å². The molecule has 102 valence electrons. The van der Waals surface area contributed by atoms with Gasteiger partial charge in [0.2, 0.25) is 0 Å². The molecule has 3 nitrogen and oxygen atoms in total. The van der Waals surface area contributed by atoms with E-state index < -0.39 is 0 Å². The van der Waals surface area contributed by atoms with Gasteiger partial charge < -0.3 is 14.4 Å². The van der Waals surface area contributed by atoms with Crippen LogP contribution in [0.15, 0.2) is 11.8 Å². The summed E-state index contributed by atoms with van der Waals surface area (Å²) in [5.41, 5.74) is 1.56. The van der Waals surface area contributed by atoms with Crippen molar-refractivity contribution in [3.63, 3.8) is 0 Å². The van der Waals surface area contributed by atoms with E-state index >= 15 is 0 Å². The molecule has 0 N–H and O–H groups in total. The predicted molar refractivity (Wildman–Crippen MR) is 71.3 cm³/mol. The molecule has 2 unspecified atom stereocenters. The number of piperidine rings is 3. The Balaban J connectivity index is 1.67. The minimum Gasteiger partial charge on any atom is -0.378 e. The molecule has 2 atom stereocenters. The van der Waals surface area contributed by atoms with E-state index in [1.54, 1.807) is 5.70 Å². The number of hydrogen-bond acceptors (Lipinski definition) is 3. The summed E-state index contributed by atoms with van der Waals surface area (Å²) >= 11 is 0. The summed E-state index contributed by atoms with van der Waals surface area (Å²) in [4.78, 5) is 2.57. The largest absolute Gasteiger partial charge is 0.378 e. The molecule has 3 heteroatoms. The molecule has 4 aliphatic rings. The highest BCUT2D eigenvalue weighted by Gasteiger charge is 2.33. The van der Waals surface area contributed by atoms with Gasteiger partial charge in [-0.3, -0.25) is 0 Å². The lowest BCUT2D eigenvalue weighted by molar-refractivity contribution is -0.00750. The fourth-order valence-electron chi connectivity index (χ4n) is 3.47. The lowest BCUT2D eigenvalue weighted by Crippen LogP contribution is -2.40. The molecule has 0 aromatic carbocycles. The lowest BCUT2D eigenvalue weighted by Gasteiger charge is -2.43. The van der Waals surface area contributed by atoms with E-state index in [9.17, 15) is 0 Å². The van der Waals surface area contributed by atoms with Crippen LogP contribution in [0, 0.1) is 11.8 Å². The van der Waals surface area contributed by atoms with Gasteiger partial charge in [-0.1, -0.05) is 6.08 Å². The maximum atomic E-state index is 5.96. The van der Waals surface area contributed by atoms with Gasteiger partial charge >= 0.3 is 0 Å². The van der Waals surface area contributed by atoms with Crippen LogP contribution in [0.2, 0.25) is 0 Å². The smallest absolute Gasteiger partial charge is 0.0897 e. The second kappa shape index (κ2) is 5.22. The highest BCUT2D eigenvalue weighted by Crippen LogP contribution is 2.35. The SMILES string of the molecule is CC(C)OC1COCC1C=C1CC2CCN1CC2. The zero-order valence-corrected chi connectivity index (χ0v) is 11.6. The van der Waals surface area contributed by atoms with Crippen molar-refractivity contribution in [3.8, 4) is 0 Å². The van der Waals surface area contributed by atoms with Crippen LogP contribution in [0.3, 0.4) is 0 Å². The molecule has 4 fully saturated rings. The summed E-state index contributed by atoms with van der Waals surface area (Å²) in [6.07, 6.45) is 7.07. The van der Waals surface area contributed by atoms with E-state index in [2.05, 4.69) is 24.8 Å². The third kappa shape index (κ3) is 2.57. The number of ether oxygens (including phenoxy) is 2. The minimum absolute atomic E-state index is 0.263. The van der Waals surface area contributed by atoms with Crippen molar-refractivity contribution in [1.29, 1.82) is 0 Å². The lowest BCUT2D eigenvalue weighted by atomic mass is 9.85. The zero-order valence-electron chi connectivity index (χ0n) is 11.6. The Morgan fingerprint density at radius 2 is 2.06 bits per heavy atom. The van der Waals surface area contributed by atoms with Gasteiger partial charge in [-0.15, -0.1) is 0 Å². The normalized spacial score (nSPS) is 35.1. The average molecular weight is 251 g/mol. The summed E-state index contributed by atoms with van der Waals surface area (Å²) in [5, 5.41) is 0. The molecule has 0 saturated carbocycles. The molecule has 4 heterocycles. The first-order valence-electron chi connectivity index (χ1n) is 7.41. The van der Waals surface area contributed by atoms with Gasteiger partial charge in [0.1, 0.15) is 0 Å². The topological polar surface area (TPSA) is 21.7 Å². The Bertz CT molecular complexity index is 318. The van der Waals surface area contributed by atoms with E-state index in [-0.39, 0.29) is 6.10 Å². The van der Waals surface area contributed by atoms with Crippen LogP contribution in [-0.4, -0.2) is 43.4 Å². The maximum Gasteiger partial charge on any atom is 0.0897 e. The third-order valence-electron chi connectivity index (χ3n) is 4.44. The minimum atomic E-state index is 0.263. The fraction of sp³-hybridized carbons (Fsp3) is 0.867. The molecule has 4 rings (SSSR count). The number of nitrogens with zero attached hydrogens (tertiary/aromatic N) is 1. The van der Waals surface area contributed by atoms with Crippen molar-refractivity contribution < 1.29 is 9.47 Å². The summed E-state index contributed by atoms with van der Waals surface area (Å²) < 4.78 is 11.6. The van der Waals surface area contributed by atoms with Crippen molar-refractivity contribution >= 4 is 0 Å². The van der Waals surface area contributed by atoms with Gasteiger partial charge in [0, 0.05) is 24.7 Å². The Hall–Kier alpha value is -0.540. The number of fused-ring (bicyclic) bond motifs is 3. The van der Waals surface area contributed by atoms with Gasteiger partial charge in [0.25, 0.3) is 0 Å². The first-order valence-corrected chi connectivity index (χ1v) is 7.41. The summed E-state index contributed by atoms with van der Waals surface area (Å²) in [7, 11) is 0. The molecule has 2 bridgehead atoms. The number of allylic oxidation sites excluding steroid dienone is 1. The predicted octanol–water partition coefficient (Wildman–Crippen LogP) is 2.43. The first-order chi connectivity index (χ1) is 8.72. The summed E-state index contributed by atoms with van der Waals surface area (Å²) in [6, 6.07) is 0. The van der Waals surface area contributed by atoms with Crippen LogP contribution in [0.25, 0.3) is 0 Å². The van der Waals surface area contributed by atoms with Crippen molar-refractivity contribution in [2.75, 3.05) is 26.3 Å². The third-order valence-corrected chi connectivity index (χ3v) is 4.44. The van der Waals surface area contributed by atoms with Gasteiger partial charge in [-0.25, -0.2) is 0 Å². The van der Waals surface area contributed by atoms with Gasteiger partial charge in [0.05, 0.1) is 25.4 Å². The average Bonchev–Trinajstić information content (AvgIpc) is 2.77. The highest BCUT2D eigenvalue weighted by molar-refractivity contribution is 5.12.